The lowest BCUT2D eigenvalue weighted by Gasteiger charge is -2.10. The van der Waals surface area contributed by atoms with Gasteiger partial charge in [0.1, 0.15) is 5.75 Å². The van der Waals surface area contributed by atoms with Gasteiger partial charge in [-0.2, -0.15) is 5.10 Å². The van der Waals surface area contributed by atoms with Crippen LogP contribution in [-0.2, 0) is 0 Å². The number of benzene rings is 3. The standard InChI is InChI=1S/C23H21N3O3/c1-16-7-5-9-18(13-16)22(27)25-21-12-4-3-11-20(21)23(28)26-24-15-17-8-6-10-19(14-17)29-2/h3-15H,1-2H3,(H,25,27)(H,26,28)/b24-15-. The van der Waals surface area contributed by atoms with E-state index >= 15 is 0 Å². The summed E-state index contributed by atoms with van der Waals surface area (Å²) in [6.07, 6.45) is 1.52. The van der Waals surface area contributed by atoms with Crippen LogP contribution >= 0.6 is 0 Å². The van der Waals surface area contributed by atoms with E-state index in [9.17, 15) is 9.59 Å². The Labute approximate surface area is 169 Å². The Morgan fingerprint density at radius 2 is 1.72 bits per heavy atom. The van der Waals surface area contributed by atoms with Crippen molar-refractivity contribution < 1.29 is 14.3 Å². The number of ether oxygens (including phenoxy) is 1. The van der Waals surface area contributed by atoms with Gasteiger partial charge in [-0.3, -0.25) is 9.59 Å². The van der Waals surface area contributed by atoms with Gasteiger partial charge in [0.2, 0.25) is 0 Å². The van der Waals surface area contributed by atoms with Gasteiger partial charge in [-0.25, -0.2) is 5.43 Å². The summed E-state index contributed by atoms with van der Waals surface area (Å²) in [5, 5.41) is 6.78. The molecular weight excluding hydrogens is 366 g/mol. The van der Waals surface area contributed by atoms with Crippen LogP contribution in [0.4, 0.5) is 5.69 Å². The number of rotatable bonds is 6. The summed E-state index contributed by atoms with van der Waals surface area (Å²) in [7, 11) is 1.58. The van der Waals surface area contributed by atoms with Crippen molar-refractivity contribution in [3.8, 4) is 5.75 Å². The Morgan fingerprint density at radius 3 is 2.52 bits per heavy atom. The maximum absolute atomic E-state index is 12.6. The first-order chi connectivity index (χ1) is 14.1. The molecule has 29 heavy (non-hydrogen) atoms. The Balaban J connectivity index is 1.71. The van der Waals surface area contributed by atoms with Crippen molar-refractivity contribution in [2.75, 3.05) is 12.4 Å². The highest BCUT2D eigenvalue weighted by atomic mass is 16.5. The minimum Gasteiger partial charge on any atom is -0.497 e. The molecule has 0 aliphatic carbocycles. The van der Waals surface area contributed by atoms with Crippen LogP contribution in [0.3, 0.4) is 0 Å². The fourth-order valence-electron chi connectivity index (χ4n) is 2.72. The molecule has 0 aliphatic heterocycles. The number of aryl methyl sites for hydroxylation is 1. The average molecular weight is 387 g/mol. The van der Waals surface area contributed by atoms with Crippen molar-refractivity contribution in [2.45, 2.75) is 6.92 Å². The molecule has 0 aliphatic rings. The number of para-hydroxylation sites is 1. The molecule has 0 fully saturated rings. The van der Waals surface area contributed by atoms with Crippen molar-refractivity contribution in [1.29, 1.82) is 0 Å². The van der Waals surface area contributed by atoms with E-state index in [-0.39, 0.29) is 5.91 Å². The summed E-state index contributed by atoms with van der Waals surface area (Å²) in [4.78, 5) is 25.1. The Morgan fingerprint density at radius 1 is 0.931 bits per heavy atom. The van der Waals surface area contributed by atoms with Crippen LogP contribution in [0.25, 0.3) is 0 Å². The van der Waals surface area contributed by atoms with Crippen molar-refractivity contribution in [3.63, 3.8) is 0 Å². The summed E-state index contributed by atoms with van der Waals surface area (Å²) in [6.45, 7) is 1.92. The summed E-state index contributed by atoms with van der Waals surface area (Å²) >= 11 is 0. The molecule has 0 aromatic heterocycles. The molecule has 0 heterocycles. The van der Waals surface area contributed by atoms with Crippen molar-refractivity contribution in [2.24, 2.45) is 5.10 Å². The number of amides is 2. The van der Waals surface area contributed by atoms with Crippen LogP contribution < -0.4 is 15.5 Å². The minimum atomic E-state index is -0.427. The summed E-state index contributed by atoms with van der Waals surface area (Å²) in [5.41, 5.74) is 5.50. The van der Waals surface area contributed by atoms with Crippen LogP contribution in [0.2, 0.25) is 0 Å². The number of hydrazone groups is 1. The topological polar surface area (TPSA) is 79.8 Å². The fraction of sp³-hybridized carbons (Fsp3) is 0.0870. The van der Waals surface area contributed by atoms with Gasteiger partial charge in [0.05, 0.1) is 24.6 Å². The van der Waals surface area contributed by atoms with E-state index in [0.717, 1.165) is 11.1 Å². The zero-order valence-corrected chi connectivity index (χ0v) is 16.2. The van der Waals surface area contributed by atoms with Gasteiger partial charge < -0.3 is 10.1 Å². The molecule has 2 N–H and O–H groups in total. The number of anilines is 1. The molecule has 0 bridgehead atoms. The zero-order valence-electron chi connectivity index (χ0n) is 16.2. The SMILES string of the molecule is COc1cccc(/C=N\NC(=O)c2ccccc2NC(=O)c2cccc(C)c2)c1. The van der Waals surface area contributed by atoms with Crippen LogP contribution in [0.1, 0.15) is 31.8 Å². The first-order valence-corrected chi connectivity index (χ1v) is 9.01. The highest BCUT2D eigenvalue weighted by Gasteiger charge is 2.13. The molecule has 3 rings (SSSR count). The van der Waals surface area contributed by atoms with Gasteiger partial charge in [0, 0.05) is 5.56 Å². The monoisotopic (exact) mass is 387 g/mol. The first kappa shape index (κ1) is 19.8. The number of nitrogens with zero attached hydrogens (tertiary/aromatic N) is 1. The number of hydrogen-bond donors (Lipinski definition) is 2. The lowest BCUT2D eigenvalue weighted by Crippen LogP contribution is -2.21. The van der Waals surface area contributed by atoms with E-state index in [1.165, 1.54) is 6.21 Å². The quantitative estimate of drug-likeness (QED) is 0.495. The van der Waals surface area contributed by atoms with Crippen molar-refractivity contribution >= 4 is 23.7 Å². The number of methoxy groups -OCH3 is 1. The van der Waals surface area contributed by atoms with Gasteiger partial charge in [0.15, 0.2) is 0 Å². The molecule has 3 aromatic carbocycles. The van der Waals surface area contributed by atoms with Crippen LogP contribution in [0, 0.1) is 6.92 Å². The molecule has 0 unspecified atom stereocenters. The highest BCUT2D eigenvalue weighted by Crippen LogP contribution is 2.17. The third kappa shape index (κ3) is 5.29. The van der Waals surface area contributed by atoms with E-state index in [1.807, 2.05) is 37.3 Å². The molecule has 0 radical (unpaired) electrons. The predicted molar refractivity (Wildman–Crippen MR) is 114 cm³/mol. The maximum atomic E-state index is 12.6. The lowest BCUT2D eigenvalue weighted by atomic mass is 10.1. The van der Waals surface area contributed by atoms with E-state index in [0.29, 0.717) is 22.6 Å². The Hall–Kier alpha value is -3.93. The number of carbonyl (C=O) groups is 2. The first-order valence-electron chi connectivity index (χ1n) is 9.01. The fourth-order valence-corrected chi connectivity index (χ4v) is 2.72. The molecule has 0 spiro atoms. The van der Waals surface area contributed by atoms with E-state index in [2.05, 4.69) is 15.8 Å². The molecule has 0 saturated carbocycles. The van der Waals surface area contributed by atoms with Gasteiger partial charge in [-0.1, -0.05) is 42.0 Å². The minimum absolute atomic E-state index is 0.283. The van der Waals surface area contributed by atoms with Gasteiger partial charge in [0.25, 0.3) is 11.8 Å². The molecule has 2 amide bonds. The lowest BCUT2D eigenvalue weighted by molar-refractivity contribution is 0.0956. The summed E-state index contributed by atoms with van der Waals surface area (Å²) in [5.74, 6) is -0.0115. The van der Waals surface area contributed by atoms with Crippen LogP contribution in [0.5, 0.6) is 5.75 Å². The van der Waals surface area contributed by atoms with Crippen LogP contribution in [0.15, 0.2) is 77.9 Å². The molecule has 146 valence electrons. The molecule has 6 nitrogen and oxygen atoms in total. The molecule has 3 aromatic rings. The maximum Gasteiger partial charge on any atom is 0.273 e. The predicted octanol–water partition coefficient (Wildman–Crippen LogP) is 4.02. The number of nitrogens with one attached hydrogen (secondary N) is 2. The Kier molecular flexibility index (Phi) is 6.37. The van der Waals surface area contributed by atoms with Gasteiger partial charge in [-0.15, -0.1) is 0 Å². The molecule has 0 atom stereocenters. The van der Waals surface area contributed by atoms with Crippen molar-refractivity contribution in [1.82, 2.24) is 5.43 Å². The van der Waals surface area contributed by atoms with E-state index in [1.54, 1.807) is 49.6 Å². The molecule has 0 saturated heterocycles. The third-order valence-corrected chi connectivity index (χ3v) is 4.17. The van der Waals surface area contributed by atoms with E-state index in [4.69, 9.17) is 4.74 Å². The van der Waals surface area contributed by atoms with Crippen LogP contribution in [-0.4, -0.2) is 25.1 Å². The second-order valence-corrected chi connectivity index (χ2v) is 6.34. The average Bonchev–Trinajstić information content (AvgIpc) is 2.74. The normalized spacial score (nSPS) is 10.6. The second-order valence-electron chi connectivity index (χ2n) is 6.34. The zero-order chi connectivity index (χ0) is 20.6. The second kappa shape index (κ2) is 9.32. The van der Waals surface area contributed by atoms with Crippen molar-refractivity contribution in [3.05, 3.63) is 95.1 Å². The van der Waals surface area contributed by atoms with E-state index < -0.39 is 5.91 Å². The highest BCUT2D eigenvalue weighted by molar-refractivity contribution is 6.09. The Bertz CT molecular complexity index is 1060. The summed E-state index contributed by atoms with van der Waals surface area (Å²) < 4.78 is 5.16. The third-order valence-electron chi connectivity index (χ3n) is 4.17. The largest absolute Gasteiger partial charge is 0.497 e. The molecule has 6 heteroatoms. The summed E-state index contributed by atoms with van der Waals surface area (Å²) in [6, 6.07) is 21.3. The van der Waals surface area contributed by atoms with Gasteiger partial charge >= 0.3 is 0 Å². The molecular formula is C23H21N3O3. The smallest absolute Gasteiger partial charge is 0.273 e. The van der Waals surface area contributed by atoms with Gasteiger partial charge in [-0.05, 0) is 48.9 Å². The number of carbonyl (C=O) groups excluding carboxylic acids is 2. The number of hydrogen-bond acceptors (Lipinski definition) is 4.